The molecule has 0 aromatic heterocycles. The van der Waals surface area contributed by atoms with E-state index in [0.717, 1.165) is 24.3 Å². The average Bonchev–Trinajstić information content (AvgIpc) is 2.18. The monoisotopic (exact) mass is 254 g/mol. The van der Waals surface area contributed by atoms with Gasteiger partial charge in [-0.15, -0.1) is 13.2 Å². The van der Waals surface area contributed by atoms with Gasteiger partial charge in [0.25, 0.3) is 0 Å². The SMILES string of the molecule is O=C(O)C(F)Oc1ccc(OC(F)(F)F)cc1. The van der Waals surface area contributed by atoms with Gasteiger partial charge >= 0.3 is 18.7 Å². The van der Waals surface area contributed by atoms with E-state index < -0.39 is 24.4 Å². The molecule has 1 aromatic carbocycles. The van der Waals surface area contributed by atoms with E-state index in [9.17, 15) is 22.4 Å². The zero-order chi connectivity index (χ0) is 13.1. The molecule has 0 fully saturated rings. The number of carbonyl (C=O) groups is 1. The number of carboxylic acid groups (broad SMARTS) is 1. The summed E-state index contributed by atoms with van der Waals surface area (Å²) in [6, 6.07) is 3.65. The lowest BCUT2D eigenvalue weighted by Crippen LogP contribution is -2.21. The third-order valence-electron chi connectivity index (χ3n) is 1.49. The fraction of sp³-hybridized carbons (Fsp3) is 0.222. The smallest absolute Gasteiger partial charge is 0.476 e. The van der Waals surface area contributed by atoms with Crippen LogP contribution in [0.1, 0.15) is 0 Å². The van der Waals surface area contributed by atoms with E-state index in [0.29, 0.717) is 0 Å². The zero-order valence-corrected chi connectivity index (χ0v) is 8.07. The molecule has 0 saturated heterocycles. The van der Waals surface area contributed by atoms with Crippen molar-refractivity contribution in [3.8, 4) is 11.5 Å². The molecule has 94 valence electrons. The van der Waals surface area contributed by atoms with E-state index in [4.69, 9.17) is 5.11 Å². The molecule has 1 N–H and O–H groups in total. The Morgan fingerprint density at radius 1 is 1.18 bits per heavy atom. The normalized spacial score (nSPS) is 12.9. The lowest BCUT2D eigenvalue weighted by atomic mass is 10.3. The summed E-state index contributed by atoms with van der Waals surface area (Å²) < 4.78 is 55.7. The van der Waals surface area contributed by atoms with Crippen molar-refractivity contribution in [2.45, 2.75) is 12.7 Å². The third kappa shape index (κ3) is 4.58. The van der Waals surface area contributed by atoms with Gasteiger partial charge in [0.15, 0.2) is 0 Å². The highest BCUT2D eigenvalue weighted by atomic mass is 19.4. The Hall–Kier alpha value is -1.99. The quantitative estimate of drug-likeness (QED) is 0.838. The van der Waals surface area contributed by atoms with Crippen LogP contribution in [-0.2, 0) is 4.79 Å². The first-order chi connectivity index (χ1) is 7.78. The molecule has 1 unspecified atom stereocenters. The van der Waals surface area contributed by atoms with Crippen molar-refractivity contribution in [3.05, 3.63) is 24.3 Å². The van der Waals surface area contributed by atoms with E-state index >= 15 is 0 Å². The molecule has 0 heterocycles. The summed E-state index contributed by atoms with van der Waals surface area (Å²) in [4.78, 5) is 10.1. The van der Waals surface area contributed by atoms with Gasteiger partial charge in [0.2, 0.25) is 0 Å². The highest BCUT2D eigenvalue weighted by molar-refractivity contribution is 5.70. The van der Waals surface area contributed by atoms with E-state index in [-0.39, 0.29) is 5.75 Å². The van der Waals surface area contributed by atoms with Gasteiger partial charge in [0.05, 0.1) is 0 Å². The molecule has 17 heavy (non-hydrogen) atoms. The first-order valence-corrected chi connectivity index (χ1v) is 4.17. The van der Waals surface area contributed by atoms with Crippen LogP contribution in [0.2, 0.25) is 0 Å². The third-order valence-corrected chi connectivity index (χ3v) is 1.49. The first-order valence-electron chi connectivity index (χ1n) is 4.17. The maximum atomic E-state index is 12.5. The fourth-order valence-corrected chi connectivity index (χ4v) is 0.890. The van der Waals surface area contributed by atoms with Crippen molar-refractivity contribution < 1.29 is 36.9 Å². The van der Waals surface area contributed by atoms with Gasteiger partial charge in [-0.3, -0.25) is 0 Å². The number of hydrogen-bond donors (Lipinski definition) is 1. The van der Waals surface area contributed by atoms with Crippen molar-refractivity contribution in [1.82, 2.24) is 0 Å². The summed E-state index contributed by atoms with van der Waals surface area (Å²) in [6.07, 6.45) is -7.41. The maximum Gasteiger partial charge on any atom is 0.573 e. The highest BCUT2D eigenvalue weighted by Crippen LogP contribution is 2.25. The molecule has 0 aliphatic rings. The standard InChI is InChI=1S/C9H6F4O4/c10-7(8(14)15)16-5-1-3-6(4-2-5)17-9(11,12)13/h1-4,7H,(H,14,15). The van der Waals surface area contributed by atoms with Crippen LogP contribution in [0.15, 0.2) is 24.3 Å². The molecule has 4 nitrogen and oxygen atoms in total. The summed E-state index contributed by atoms with van der Waals surface area (Å²) in [6.45, 7) is 0. The summed E-state index contributed by atoms with van der Waals surface area (Å²) in [5, 5.41) is 8.18. The van der Waals surface area contributed by atoms with E-state index in [2.05, 4.69) is 9.47 Å². The number of aliphatic carboxylic acids is 1. The molecule has 0 aliphatic carbocycles. The molecule has 0 spiro atoms. The molecule has 0 aliphatic heterocycles. The molecule has 1 aromatic rings. The number of ether oxygens (including phenoxy) is 2. The number of rotatable bonds is 4. The second-order valence-electron chi connectivity index (χ2n) is 2.79. The van der Waals surface area contributed by atoms with Crippen molar-refractivity contribution >= 4 is 5.97 Å². The van der Waals surface area contributed by atoms with Gasteiger partial charge in [-0.1, -0.05) is 0 Å². The van der Waals surface area contributed by atoms with Crippen molar-refractivity contribution in [3.63, 3.8) is 0 Å². The van der Waals surface area contributed by atoms with Crippen molar-refractivity contribution in [2.75, 3.05) is 0 Å². The van der Waals surface area contributed by atoms with E-state index in [1.807, 2.05) is 0 Å². The molecule has 0 saturated carbocycles. The molecule has 1 atom stereocenters. The molecular weight excluding hydrogens is 248 g/mol. The van der Waals surface area contributed by atoms with E-state index in [1.165, 1.54) is 0 Å². The molecule has 8 heteroatoms. The summed E-state index contributed by atoms with van der Waals surface area (Å²) in [5.41, 5.74) is 0. The minimum absolute atomic E-state index is 0.227. The Bertz CT molecular complexity index is 387. The molecule has 0 bridgehead atoms. The summed E-state index contributed by atoms with van der Waals surface area (Å²) in [7, 11) is 0. The van der Waals surface area contributed by atoms with E-state index in [1.54, 1.807) is 0 Å². The average molecular weight is 254 g/mol. The Morgan fingerprint density at radius 2 is 1.65 bits per heavy atom. The van der Waals surface area contributed by atoms with Crippen LogP contribution < -0.4 is 9.47 Å². The lowest BCUT2D eigenvalue weighted by molar-refractivity contribution is -0.274. The second-order valence-corrected chi connectivity index (χ2v) is 2.79. The van der Waals surface area contributed by atoms with Gasteiger partial charge in [0.1, 0.15) is 11.5 Å². The van der Waals surface area contributed by atoms with Gasteiger partial charge < -0.3 is 14.6 Å². The minimum Gasteiger partial charge on any atom is -0.476 e. The second kappa shape index (κ2) is 4.89. The summed E-state index contributed by atoms with van der Waals surface area (Å²) in [5.74, 6) is -2.58. The maximum absolute atomic E-state index is 12.5. The largest absolute Gasteiger partial charge is 0.573 e. The minimum atomic E-state index is -4.83. The van der Waals surface area contributed by atoms with Crippen LogP contribution >= 0.6 is 0 Å². The van der Waals surface area contributed by atoms with Gasteiger partial charge in [-0.2, -0.15) is 4.39 Å². The topological polar surface area (TPSA) is 55.8 Å². The van der Waals surface area contributed by atoms with Crippen LogP contribution in [0, 0.1) is 0 Å². The van der Waals surface area contributed by atoms with Crippen LogP contribution in [-0.4, -0.2) is 23.8 Å². The van der Waals surface area contributed by atoms with Gasteiger partial charge in [-0.25, -0.2) is 4.79 Å². The molecule has 0 amide bonds. The van der Waals surface area contributed by atoms with Crippen LogP contribution in [0.4, 0.5) is 17.6 Å². The number of hydrogen-bond acceptors (Lipinski definition) is 3. The fourth-order valence-electron chi connectivity index (χ4n) is 0.890. The number of benzene rings is 1. The lowest BCUT2D eigenvalue weighted by Gasteiger charge is -2.10. The van der Waals surface area contributed by atoms with Gasteiger partial charge in [-0.05, 0) is 24.3 Å². The number of alkyl halides is 4. The molecule has 1 rings (SSSR count). The van der Waals surface area contributed by atoms with Gasteiger partial charge in [0, 0.05) is 0 Å². The van der Waals surface area contributed by atoms with Crippen LogP contribution in [0.3, 0.4) is 0 Å². The highest BCUT2D eigenvalue weighted by Gasteiger charge is 2.31. The Morgan fingerprint density at radius 3 is 2.06 bits per heavy atom. The number of halogens is 4. The number of carboxylic acids is 1. The molecular formula is C9H6F4O4. The molecule has 0 radical (unpaired) electrons. The van der Waals surface area contributed by atoms with Crippen molar-refractivity contribution in [2.24, 2.45) is 0 Å². The Balaban J connectivity index is 2.65. The Labute approximate surface area is 92.4 Å². The predicted octanol–water partition coefficient (Wildman–Crippen LogP) is 2.34. The van der Waals surface area contributed by atoms with Crippen molar-refractivity contribution in [1.29, 1.82) is 0 Å². The summed E-state index contributed by atoms with van der Waals surface area (Å²) >= 11 is 0. The zero-order valence-electron chi connectivity index (χ0n) is 8.07. The predicted molar refractivity (Wildman–Crippen MR) is 46.3 cm³/mol. The van der Waals surface area contributed by atoms with Crippen LogP contribution in [0.25, 0.3) is 0 Å². The first kappa shape index (κ1) is 13.1. The Kier molecular flexibility index (Phi) is 3.77. The van der Waals surface area contributed by atoms with Crippen LogP contribution in [0.5, 0.6) is 11.5 Å².